The molecular weight excluding hydrogens is 304 g/mol. The zero-order chi connectivity index (χ0) is 16.5. The summed E-state index contributed by atoms with van der Waals surface area (Å²) in [4.78, 5) is 27.6. The van der Waals surface area contributed by atoms with E-state index in [4.69, 9.17) is 4.74 Å². The number of fused-ring (bicyclic) bond motifs is 2. The number of carbonyl (C=O) groups excluding carboxylic acids is 2. The fourth-order valence-corrected chi connectivity index (χ4v) is 5.91. The van der Waals surface area contributed by atoms with E-state index in [2.05, 4.69) is 28.4 Å². The molecule has 1 aliphatic carbocycles. The Hall–Kier alpha value is -1.88. The van der Waals surface area contributed by atoms with Crippen LogP contribution in [0.25, 0.3) is 0 Å². The zero-order valence-corrected chi connectivity index (χ0v) is 13.8. The van der Waals surface area contributed by atoms with Gasteiger partial charge in [0.2, 0.25) is 0 Å². The van der Waals surface area contributed by atoms with Crippen molar-refractivity contribution in [3.63, 3.8) is 0 Å². The molecule has 4 aliphatic rings. The molecule has 3 fully saturated rings. The van der Waals surface area contributed by atoms with Gasteiger partial charge >= 0.3 is 5.97 Å². The van der Waals surface area contributed by atoms with E-state index >= 15 is 0 Å². The van der Waals surface area contributed by atoms with E-state index in [9.17, 15) is 9.59 Å². The molecule has 0 unspecified atom stereocenters. The first kappa shape index (κ1) is 14.5. The van der Waals surface area contributed by atoms with Crippen LogP contribution in [0, 0.1) is 11.8 Å². The Morgan fingerprint density at radius 3 is 3.08 bits per heavy atom. The van der Waals surface area contributed by atoms with Crippen molar-refractivity contribution in [1.29, 1.82) is 0 Å². The minimum absolute atomic E-state index is 0.0246. The second-order valence-electron chi connectivity index (χ2n) is 7.71. The van der Waals surface area contributed by atoms with E-state index in [1.165, 1.54) is 12.7 Å². The number of Topliss-reactive ketones (excluding diaryl/α,β-unsaturated/α-hetero) is 1. The minimum atomic E-state index is -0.204. The summed E-state index contributed by atoms with van der Waals surface area (Å²) in [5, 5.41) is 3.53. The number of methoxy groups -OCH3 is 1. The van der Waals surface area contributed by atoms with Gasteiger partial charge in [-0.3, -0.25) is 14.5 Å². The van der Waals surface area contributed by atoms with Crippen molar-refractivity contribution in [2.45, 2.75) is 36.8 Å². The van der Waals surface area contributed by atoms with E-state index in [1.807, 2.05) is 6.07 Å². The Balaban J connectivity index is 1.57. The Kier molecular flexibility index (Phi) is 2.90. The standard InChI is InChI=1S/C19H22N2O3/c1-24-16(22)8-11-10-21-7-6-19-13-4-2-3-5-14(13)20-18(19)17(23)12(11)9-15(19)21/h2-5,11-12,15,18,20H,6-10H2,1H3/t11-,12+,15+,18+,19-/m1/s1. The third-order valence-corrected chi connectivity index (χ3v) is 6.91. The van der Waals surface area contributed by atoms with Crippen molar-refractivity contribution in [1.82, 2.24) is 4.90 Å². The molecule has 1 N–H and O–H groups in total. The normalized spacial score (nSPS) is 39.1. The van der Waals surface area contributed by atoms with Crippen LogP contribution in [-0.4, -0.2) is 48.9 Å². The average molecular weight is 326 g/mol. The lowest BCUT2D eigenvalue weighted by Gasteiger charge is -2.51. The summed E-state index contributed by atoms with van der Waals surface area (Å²) < 4.78 is 4.86. The highest BCUT2D eigenvalue weighted by Gasteiger charge is 2.66. The number of hydrogen-bond acceptors (Lipinski definition) is 5. The number of esters is 1. The van der Waals surface area contributed by atoms with E-state index in [-0.39, 0.29) is 29.3 Å². The first-order chi connectivity index (χ1) is 11.6. The molecule has 5 heteroatoms. The lowest BCUT2D eigenvalue weighted by molar-refractivity contribution is -0.145. The van der Waals surface area contributed by atoms with E-state index < -0.39 is 0 Å². The smallest absolute Gasteiger partial charge is 0.305 e. The van der Waals surface area contributed by atoms with Gasteiger partial charge in [-0.1, -0.05) is 18.2 Å². The first-order valence-corrected chi connectivity index (χ1v) is 8.86. The first-order valence-electron chi connectivity index (χ1n) is 8.86. The highest BCUT2D eigenvalue weighted by molar-refractivity contribution is 5.96. The molecular formula is C19H22N2O3. The summed E-state index contributed by atoms with van der Waals surface area (Å²) in [7, 11) is 1.42. The molecule has 2 bridgehead atoms. The van der Waals surface area contributed by atoms with Gasteiger partial charge in [-0.2, -0.15) is 0 Å². The molecule has 5 atom stereocenters. The van der Waals surface area contributed by atoms with E-state index in [0.29, 0.717) is 18.2 Å². The highest BCUT2D eigenvalue weighted by atomic mass is 16.5. The fraction of sp³-hybridized carbons (Fsp3) is 0.579. The maximum absolute atomic E-state index is 13.3. The number of para-hydroxylation sites is 1. The molecule has 126 valence electrons. The zero-order valence-electron chi connectivity index (χ0n) is 13.8. The van der Waals surface area contributed by atoms with E-state index in [0.717, 1.165) is 31.6 Å². The summed E-state index contributed by atoms with van der Waals surface area (Å²) in [6, 6.07) is 8.68. The predicted octanol–water partition coefficient (Wildman–Crippen LogP) is 1.57. The maximum Gasteiger partial charge on any atom is 0.305 e. The third kappa shape index (κ3) is 1.63. The van der Waals surface area contributed by atoms with Crippen LogP contribution in [-0.2, 0) is 19.7 Å². The van der Waals surface area contributed by atoms with Crippen molar-refractivity contribution in [3.8, 4) is 0 Å². The van der Waals surface area contributed by atoms with Crippen molar-refractivity contribution in [2.24, 2.45) is 11.8 Å². The topological polar surface area (TPSA) is 58.6 Å². The SMILES string of the molecule is COC(=O)C[C@@H]1CN2CC[C@]34c5ccccc5N[C@H]3C(=O)[C@H]1C[C@H]24. The van der Waals surface area contributed by atoms with Gasteiger partial charge in [-0.15, -0.1) is 0 Å². The van der Waals surface area contributed by atoms with Crippen LogP contribution in [0.1, 0.15) is 24.8 Å². The predicted molar refractivity (Wildman–Crippen MR) is 88.7 cm³/mol. The number of benzene rings is 1. The Labute approximate surface area is 141 Å². The van der Waals surface area contributed by atoms with Crippen LogP contribution in [0.2, 0.25) is 0 Å². The van der Waals surface area contributed by atoms with Gasteiger partial charge in [-0.25, -0.2) is 0 Å². The monoisotopic (exact) mass is 326 g/mol. The third-order valence-electron chi connectivity index (χ3n) is 6.91. The molecule has 1 spiro atoms. The number of ether oxygens (including phenoxy) is 1. The molecule has 1 aromatic rings. The molecule has 2 saturated heterocycles. The molecule has 0 radical (unpaired) electrons. The number of nitrogens with one attached hydrogen (secondary N) is 1. The van der Waals surface area contributed by atoms with Gasteiger partial charge in [0.25, 0.3) is 0 Å². The number of piperidine rings is 1. The molecule has 3 aliphatic heterocycles. The number of ketones is 1. The van der Waals surface area contributed by atoms with Gasteiger partial charge in [0, 0.05) is 29.6 Å². The van der Waals surface area contributed by atoms with Gasteiger partial charge in [0.1, 0.15) is 0 Å². The quantitative estimate of drug-likeness (QED) is 0.836. The lowest BCUT2D eigenvalue weighted by Crippen LogP contribution is -2.64. The van der Waals surface area contributed by atoms with Crippen LogP contribution in [0.4, 0.5) is 5.69 Å². The number of carbonyl (C=O) groups is 2. The summed E-state index contributed by atoms with van der Waals surface area (Å²) in [5.41, 5.74) is 2.37. The maximum atomic E-state index is 13.3. The molecule has 5 nitrogen and oxygen atoms in total. The second kappa shape index (κ2) is 4.82. The van der Waals surface area contributed by atoms with Gasteiger partial charge in [0.15, 0.2) is 5.78 Å². The van der Waals surface area contributed by atoms with Gasteiger partial charge in [-0.05, 0) is 36.9 Å². The summed E-state index contributed by atoms with van der Waals surface area (Å²) >= 11 is 0. The Morgan fingerprint density at radius 1 is 1.42 bits per heavy atom. The lowest BCUT2D eigenvalue weighted by atomic mass is 9.58. The number of nitrogens with zero attached hydrogens (tertiary/aromatic N) is 1. The number of hydrogen-bond donors (Lipinski definition) is 1. The fourth-order valence-electron chi connectivity index (χ4n) is 5.91. The van der Waals surface area contributed by atoms with Crippen molar-refractivity contribution in [2.75, 3.05) is 25.5 Å². The molecule has 3 heterocycles. The average Bonchev–Trinajstić information content (AvgIpc) is 3.15. The van der Waals surface area contributed by atoms with Crippen molar-refractivity contribution < 1.29 is 14.3 Å². The number of anilines is 1. The van der Waals surface area contributed by atoms with Crippen molar-refractivity contribution >= 4 is 17.4 Å². The van der Waals surface area contributed by atoms with Crippen LogP contribution in [0.3, 0.4) is 0 Å². The molecule has 1 saturated carbocycles. The summed E-state index contributed by atoms with van der Waals surface area (Å²) in [6.07, 6.45) is 2.26. The van der Waals surface area contributed by atoms with Gasteiger partial charge in [0.05, 0.1) is 19.6 Å². The Bertz CT molecular complexity index is 733. The van der Waals surface area contributed by atoms with E-state index in [1.54, 1.807) is 0 Å². The highest BCUT2D eigenvalue weighted by Crippen LogP contribution is 2.58. The molecule has 0 aromatic heterocycles. The minimum Gasteiger partial charge on any atom is -0.469 e. The molecule has 5 rings (SSSR count). The molecule has 0 amide bonds. The van der Waals surface area contributed by atoms with Crippen molar-refractivity contribution in [3.05, 3.63) is 29.8 Å². The Morgan fingerprint density at radius 2 is 2.25 bits per heavy atom. The number of rotatable bonds is 2. The van der Waals surface area contributed by atoms with Crippen LogP contribution in [0.15, 0.2) is 24.3 Å². The van der Waals surface area contributed by atoms with Gasteiger partial charge < -0.3 is 10.1 Å². The largest absolute Gasteiger partial charge is 0.469 e. The van der Waals surface area contributed by atoms with Crippen LogP contribution < -0.4 is 5.32 Å². The second-order valence-corrected chi connectivity index (χ2v) is 7.71. The molecule has 24 heavy (non-hydrogen) atoms. The van der Waals surface area contributed by atoms with Crippen LogP contribution in [0.5, 0.6) is 0 Å². The summed E-state index contributed by atoms with van der Waals surface area (Å²) in [6.45, 7) is 1.85. The van der Waals surface area contributed by atoms with Crippen LogP contribution >= 0.6 is 0 Å². The summed E-state index contributed by atoms with van der Waals surface area (Å²) in [5.74, 6) is 0.161. The molecule has 1 aromatic carbocycles.